The summed E-state index contributed by atoms with van der Waals surface area (Å²) in [7, 11) is 1.99. The van der Waals surface area contributed by atoms with Crippen molar-refractivity contribution in [1.29, 1.82) is 0 Å². The van der Waals surface area contributed by atoms with Gasteiger partial charge in [0.25, 0.3) is 0 Å². The van der Waals surface area contributed by atoms with Crippen LogP contribution in [0.4, 0.5) is 0 Å². The van der Waals surface area contributed by atoms with Gasteiger partial charge in [-0.2, -0.15) is 0 Å². The first kappa shape index (κ1) is 8.24. The van der Waals surface area contributed by atoms with Crippen LogP contribution in [0.25, 0.3) is 0 Å². The molecule has 2 bridgehead atoms. The smallest absolute Gasteiger partial charge is 0.134 e. The maximum atomic E-state index is 11.4. The van der Waals surface area contributed by atoms with Crippen LogP contribution in [0.1, 0.15) is 26.2 Å². The molecule has 0 aromatic rings. The van der Waals surface area contributed by atoms with Crippen LogP contribution < -0.4 is 5.32 Å². The third-order valence-electron chi connectivity index (χ3n) is 3.72. The first-order chi connectivity index (χ1) is 5.74. The molecule has 2 heteroatoms. The summed E-state index contributed by atoms with van der Waals surface area (Å²) in [5, 5.41) is 3.31. The van der Waals surface area contributed by atoms with Crippen LogP contribution in [-0.2, 0) is 4.79 Å². The van der Waals surface area contributed by atoms with Crippen LogP contribution in [0.2, 0.25) is 0 Å². The molecule has 1 N–H and O–H groups in total. The van der Waals surface area contributed by atoms with Crippen LogP contribution in [0.3, 0.4) is 0 Å². The van der Waals surface area contributed by atoms with Gasteiger partial charge < -0.3 is 5.32 Å². The molecule has 2 aliphatic rings. The van der Waals surface area contributed by atoms with Gasteiger partial charge in [-0.15, -0.1) is 0 Å². The molecule has 3 unspecified atom stereocenters. The molecule has 0 spiro atoms. The highest BCUT2D eigenvalue weighted by molar-refractivity contribution is 5.80. The molecule has 0 amide bonds. The van der Waals surface area contributed by atoms with Gasteiger partial charge in [-0.05, 0) is 45.1 Å². The zero-order chi connectivity index (χ0) is 8.72. The van der Waals surface area contributed by atoms with Crippen molar-refractivity contribution in [2.24, 2.45) is 17.8 Å². The Bertz CT molecular complexity index is 202. The zero-order valence-electron chi connectivity index (χ0n) is 7.84. The lowest BCUT2D eigenvalue weighted by atomic mass is 9.82. The Morgan fingerprint density at radius 2 is 2.00 bits per heavy atom. The fourth-order valence-electron chi connectivity index (χ4n) is 3.29. The van der Waals surface area contributed by atoms with E-state index in [1.165, 1.54) is 19.3 Å². The SMILES string of the molecule is CNC1C2CCC(C2)[C@H]1C(C)=O. The molecule has 2 aliphatic carbocycles. The lowest BCUT2D eigenvalue weighted by molar-refractivity contribution is -0.122. The third kappa shape index (κ3) is 1.01. The highest BCUT2D eigenvalue weighted by Crippen LogP contribution is 2.48. The second kappa shape index (κ2) is 2.84. The second-order valence-electron chi connectivity index (χ2n) is 4.28. The predicted molar refractivity (Wildman–Crippen MR) is 47.8 cm³/mol. The van der Waals surface area contributed by atoms with E-state index in [-0.39, 0.29) is 0 Å². The largest absolute Gasteiger partial charge is 0.316 e. The van der Waals surface area contributed by atoms with E-state index in [2.05, 4.69) is 5.32 Å². The lowest BCUT2D eigenvalue weighted by Crippen LogP contribution is -2.41. The van der Waals surface area contributed by atoms with Crippen molar-refractivity contribution in [3.05, 3.63) is 0 Å². The molecule has 0 aromatic carbocycles. The van der Waals surface area contributed by atoms with E-state index >= 15 is 0 Å². The minimum absolute atomic E-state index is 0.328. The number of hydrogen-bond donors (Lipinski definition) is 1. The predicted octanol–water partition coefficient (Wildman–Crippen LogP) is 1.21. The molecule has 2 rings (SSSR count). The minimum Gasteiger partial charge on any atom is -0.316 e. The molecule has 2 saturated carbocycles. The molecule has 2 fully saturated rings. The average Bonchev–Trinajstić information content (AvgIpc) is 2.60. The van der Waals surface area contributed by atoms with E-state index in [0.29, 0.717) is 23.7 Å². The normalized spacial score (nSPS) is 45.2. The first-order valence-electron chi connectivity index (χ1n) is 4.91. The van der Waals surface area contributed by atoms with Crippen LogP contribution in [0, 0.1) is 17.8 Å². The third-order valence-corrected chi connectivity index (χ3v) is 3.72. The van der Waals surface area contributed by atoms with E-state index in [9.17, 15) is 4.79 Å². The summed E-state index contributed by atoms with van der Waals surface area (Å²) in [4.78, 5) is 11.4. The standard InChI is InChI=1S/C10H17NO/c1-6(12)9-7-3-4-8(5-7)10(9)11-2/h7-11H,3-5H2,1-2H3/t7?,8?,9-,10?/m1/s1. The van der Waals surface area contributed by atoms with Gasteiger partial charge in [0.15, 0.2) is 0 Å². The molecule has 68 valence electrons. The van der Waals surface area contributed by atoms with Gasteiger partial charge in [-0.3, -0.25) is 4.79 Å². The lowest BCUT2D eigenvalue weighted by Gasteiger charge is -2.28. The topological polar surface area (TPSA) is 29.1 Å². The average molecular weight is 167 g/mol. The van der Waals surface area contributed by atoms with Crippen LogP contribution in [0.5, 0.6) is 0 Å². The molecule has 0 aliphatic heterocycles. The van der Waals surface area contributed by atoms with Gasteiger partial charge in [-0.1, -0.05) is 0 Å². The summed E-state index contributed by atoms with van der Waals surface area (Å²) in [6.07, 6.45) is 3.91. The van der Waals surface area contributed by atoms with E-state index in [1.54, 1.807) is 6.92 Å². The van der Waals surface area contributed by atoms with Crippen molar-refractivity contribution in [2.45, 2.75) is 32.2 Å². The van der Waals surface area contributed by atoms with Gasteiger partial charge in [0, 0.05) is 12.0 Å². The number of fused-ring (bicyclic) bond motifs is 2. The van der Waals surface area contributed by atoms with E-state index < -0.39 is 0 Å². The fraction of sp³-hybridized carbons (Fsp3) is 0.900. The minimum atomic E-state index is 0.328. The number of Topliss-reactive ketones (excluding diaryl/α,β-unsaturated/α-hetero) is 1. The van der Waals surface area contributed by atoms with Gasteiger partial charge in [0.05, 0.1) is 0 Å². The van der Waals surface area contributed by atoms with Crippen molar-refractivity contribution in [1.82, 2.24) is 5.32 Å². The van der Waals surface area contributed by atoms with Crippen molar-refractivity contribution in [3.8, 4) is 0 Å². The molecular weight excluding hydrogens is 150 g/mol. The molecule has 0 saturated heterocycles. The Labute approximate surface area is 73.7 Å². The Balaban J connectivity index is 2.16. The highest BCUT2D eigenvalue weighted by atomic mass is 16.1. The van der Waals surface area contributed by atoms with E-state index in [4.69, 9.17) is 0 Å². The van der Waals surface area contributed by atoms with Gasteiger partial charge in [-0.25, -0.2) is 0 Å². The fourth-order valence-corrected chi connectivity index (χ4v) is 3.29. The summed E-state index contributed by atoms with van der Waals surface area (Å²) in [6, 6.07) is 0.487. The van der Waals surface area contributed by atoms with Gasteiger partial charge in [0.2, 0.25) is 0 Å². The van der Waals surface area contributed by atoms with Crippen LogP contribution in [0.15, 0.2) is 0 Å². The summed E-state index contributed by atoms with van der Waals surface area (Å²) in [6.45, 7) is 1.75. The molecule has 0 heterocycles. The molecule has 2 nitrogen and oxygen atoms in total. The van der Waals surface area contributed by atoms with Crippen molar-refractivity contribution >= 4 is 5.78 Å². The number of hydrogen-bond acceptors (Lipinski definition) is 2. The molecule has 12 heavy (non-hydrogen) atoms. The van der Waals surface area contributed by atoms with Gasteiger partial charge in [0.1, 0.15) is 5.78 Å². The molecular formula is C10H17NO. The summed E-state index contributed by atoms with van der Waals surface area (Å²) < 4.78 is 0. The summed E-state index contributed by atoms with van der Waals surface area (Å²) >= 11 is 0. The Kier molecular flexibility index (Phi) is 1.95. The van der Waals surface area contributed by atoms with Crippen molar-refractivity contribution < 1.29 is 4.79 Å². The maximum absolute atomic E-state index is 11.4. The summed E-state index contributed by atoms with van der Waals surface area (Å²) in [5.74, 6) is 2.20. The summed E-state index contributed by atoms with van der Waals surface area (Å²) in [5.41, 5.74) is 0. The highest BCUT2D eigenvalue weighted by Gasteiger charge is 2.48. The zero-order valence-corrected chi connectivity index (χ0v) is 7.84. The Morgan fingerprint density at radius 1 is 1.33 bits per heavy atom. The van der Waals surface area contributed by atoms with Crippen LogP contribution >= 0.6 is 0 Å². The van der Waals surface area contributed by atoms with E-state index in [1.807, 2.05) is 7.05 Å². The number of carbonyl (C=O) groups is 1. The van der Waals surface area contributed by atoms with Crippen molar-refractivity contribution in [3.63, 3.8) is 0 Å². The van der Waals surface area contributed by atoms with Crippen molar-refractivity contribution in [2.75, 3.05) is 7.05 Å². The number of rotatable bonds is 2. The Morgan fingerprint density at radius 3 is 2.50 bits per heavy atom. The second-order valence-corrected chi connectivity index (χ2v) is 4.28. The number of nitrogens with one attached hydrogen (secondary N) is 1. The van der Waals surface area contributed by atoms with E-state index in [0.717, 1.165) is 5.92 Å². The Hall–Kier alpha value is -0.370. The maximum Gasteiger partial charge on any atom is 0.134 e. The number of carbonyl (C=O) groups excluding carboxylic acids is 1. The molecule has 0 aromatic heterocycles. The van der Waals surface area contributed by atoms with Gasteiger partial charge >= 0.3 is 0 Å². The quantitative estimate of drug-likeness (QED) is 0.669. The van der Waals surface area contributed by atoms with Crippen LogP contribution in [-0.4, -0.2) is 18.9 Å². The molecule has 4 atom stereocenters. The number of ketones is 1. The monoisotopic (exact) mass is 167 g/mol. The first-order valence-corrected chi connectivity index (χ1v) is 4.91. The molecule has 0 radical (unpaired) electrons.